The van der Waals surface area contributed by atoms with E-state index < -0.39 is 54.0 Å². The number of ketones is 2. The molecule has 4 N–H and O–H groups in total. The lowest BCUT2D eigenvalue weighted by Crippen LogP contribution is -2.52. The summed E-state index contributed by atoms with van der Waals surface area (Å²) in [6.45, 7) is 3.21. The van der Waals surface area contributed by atoms with Gasteiger partial charge in [-0.15, -0.1) is 0 Å². The van der Waals surface area contributed by atoms with Crippen LogP contribution in [0.15, 0.2) is 54.6 Å². The van der Waals surface area contributed by atoms with Gasteiger partial charge in [-0.05, 0) is 41.7 Å². The maximum Gasteiger partial charge on any atom is 0.305 e. The molecule has 0 aliphatic carbocycles. The predicted octanol–water partition coefficient (Wildman–Crippen LogP) is 2.80. The van der Waals surface area contributed by atoms with Gasteiger partial charge in [0.2, 0.25) is 6.17 Å². The number of aryl methyl sites for hydroxylation is 1. The van der Waals surface area contributed by atoms with Gasteiger partial charge in [0.05, 0.1) is 18.5 Å². The fourth-order valence-corrected chi connectivity index (χ4v) is 4.11. The van der Waals surface area contributed by atoms with Gasteiger partial charge in [0.15, 0.2) is 11.6 Å². The van der Waals surface area contributed by atoms with Crippen molar-refractivity contribution in [1.82, 2.24) is 9.88 Å². The molecule has 1 amide bonds. The summed E-state index contributed by atoms with van der Waals surface area (Å²) < 4.78 is 16.4. The van der Waals surface area contributed by atoms with Gasteiger partial charge in [-0.25, -0.2) is 4.39 Å². The second kappa shape index (κ2) is 11.3. The second-order valence-electron chi connectivity index (χ2n) is 9.21. The number of hydrogen-bond acceptors (Lipinski definition) is 5. The molecule has 0 bridgehead atoms. The van der Waals surface area contributed by atoms with Crippen LogP contribution in [0.3, 0.4) is 0 Å². The Morgan fingerprint density at radius 3 is 2.28 bits per heavy atom. The number of nitrogens with two attached hydrogens (primary N) is 1. The van der Waals surface area contributed by atoms with E-state index in [1.54, 1.807) is 31.5 Å². The van der Waals surface area contributed by atoms with E-state index in [-0.39, 0.29) is 5.69 Å². The number of carbonyl (C=O) groups is 4. The third-order valence-corrected chi connectivity index (χ3v) is 6.11. The van der Waals surface area contributed by atoms with Crippen molar-refractivity contribution in [3.63, 3.8) is 0 Å². The number of aliphatic carboxylic acids is 1. The largest absolute Gasteiger partial charge is 0.481 e. The maximum atomic E-state index is 14.7. The van der Waals surface area contributed by atoms with Crippen LogP contribution < -0.4 is 11.1 Å². The third kappa shape index (κ3) is 6.04. The number of aromatic nitrogens is 1. The van der Waals surface area contributed by atoms with Gasteiger partial charge in [0.25, 0.3) is 5.91 Å². The highest BCUT2D eigenvalue weighted by molar-refractivity contribution is 6.11. The zero-order valence-corrected chi connectivity index (χ0v) is 20.4. The van der Waals surface area contributed by atoms with Gasteiger partial charge in [0, 0.05) is 18.0 Å². The molecule has 3 aromatic rings. The number of carboxylic acid groups (broad SMARTS) is 1. The molecular weight excluding hydrogens is 465 g/mol. The number of nitrogens with one attached hydrogen (secondary N) is 1. The first kappa shape index (κ1) is 26.7. The van der Waals surface area contributed by atoms with Gasteiger partial charge in [-0.1, -0.05) is 50.2 Å². The molecule has 0 aliphatic rings. The Morgan fingerprint density at radius 1 is 1.00 bits per heavy atom. The van der Waals surface area contributed by atoms with E-state index in [1.165, 1.54) is 0 Å². The lowest BCUT2D eigenvalue weighted by Gasteiger charge is -2.23. The molecule has 0 aliphatic heterocycles. The molecule has 1 aromatic heterocycles. The van der Waals surface area contributed by atoms with E-state index in [4.69, 9.17) is 10.8 Å². The lowest BCUT2D eigenvalue weighted by molar-refractivity contribution is -0.142. The highest BCUT2D eigenvalue weighted by Crippen LogP contribution is 2.22. The number of benzene rings is 2. The summed E-state index contributed by atoms with van der Waals surface area (Å²) in [5, 5.41) is 12.2. The van der Waals surface area contributed by atoms with Gasteiger partial charge >= 0.3 is 5.97 Å². The fourth-order valence-electron chi connectivity index (χ4n) is 4.11. The Kier molecular flexibility index (Phi) is 8.37. The Bertz CT molecular complexity index is 1290. The minimum absolute atomic E-state index is 0.268. The highest BCUT2D eigenvalue weighted by atomic mass is 19.1. The van der Waals surface area contributed by atoms with Gasteiger partial charge in [-0.3, -0.25) is 19.2 Å². The van der Waals surface area contributed by atoms with Crippen LogP contribution in [0.1, 0.15) is 41.9 Å². The molecule has 2 aromatic carbocycles. The Balaban J connectivity index is 1.79. The van der Waals surface area contributed by atoms with Crippen LogP contribution in [0, 0.1) is 5.92 Å². The first-order valence-corrected chi connectivity index (χ1v) is 11.6. The quantitative estimate of drug-likeness (QED) is 0.351. The lowest BCUT2D eigenvalue weighted by atomic mass is 9.93. The molecule has 36 heavy (non-hydrogen) atoms. The number of carbonyl (C=O) groups excluding carboxylic acids is 3. The Morgan fingerprint density at radius 2 is 1.67 bits per heavy atom. The first-order chi connectivity index (χ1) is 17.0. The molecule has 3 atom stereocenters. The SMILES string of the molecule is CC(C)[C@H](NC(=O)c1cc2cc(Cc3ccccc3)ccc2n1C)C(=O)C(F)C(=O)C(N)CC(=O)O. The van der Waals surface area contributed by atoms with Crippen LogP contribution >= 0.6 is 0 Å². The minimum atomic E-state index is -2.64. The van der Waals surface area contributed by atoms with E-state index in [0.29, 0.717) is 0 Å². The summed E-state index contributed by atoms with van der Waals surface area (Å²) in [7, 11) is 1.72. The number of rotatable bonds is 11. The van der Waals surface area contributed by atoms with Crippen molar-refractivity contribution in [3.8, 4) is 0 Å². The van der Waals surface area contributed by atoms with Crippen LogP contribution in [0.2, 0.25) is 0 Å². The number of alkyl halides is 1. The van der Waals surface area contributed by atoms with Crippen LogP contribution in [0.5, 0.6) is 0 Å². The van der Waals surface area contributed by atoms with Gasteiger partial charge in [-0.2, -0.15) is 0 Å². The number of amides is 1. The zero-order chi connectivity index (χ0) is 26.6. The molecule has 0 radical (unpaired) electrons. The molecule has 2 unspecified atom stereocenters. The van der Waals surface area contributed by atoms with Crippen LogP contribution in [0.4, 0.5) is 4.39 Å². The van der Waals surface area contributed by atoms with E-state index in [0.717, 1.165) is 28.5 Å². The highest BCUT2D eigenvalue weighted by Gasteiger charge is 2.38. The first-order valence-electron chi connectivity index (χ1n) is 11.6. The van der Waals surface area contributed by atoms with Crippen molar-refractivity contribution in [3.05, 3.63) is 71.4 Å². The normalized spacial score (nSPS) is 13.8. The molecule has 1 heterocycles. The molecule has 3 rings (SSSR count). The van der Waals surface area contributed by atoms with Crippen LogP contribution in [-0.2, 0) is 27.9 Å². The number of halogens is 1. The van der Waals surface area contributed by atoms with Crippen molar-refractivity contribution >= 4 is 34.3 Å². The summed E-state index contributed by atoms with van der Waals surface area (Å²) in [4.78, 5) is 48.8. The number of nitrogens with zero attached hydrogens (tertiary/aromatic N) is 1. The van der Waals surface area contributed by atoms with Crippen LogP contribution in [-0.4, -0.2) is 51.4 Å². The molecule has 0 spiro atoms. The van der Waals surface area contributed by atoms with E-state index in [1.807, 2.05) is 48.5 Å². The molecule has 0 saturated heterocycles. The number of hydrogen-bond donors (Lipinski definition) is 3. The smallest absolute Gasteiger partial charge is 0.305 e. The molecule has 9 heteroatoms. The maximum absolute atomic E-state index is 14.7. The Labute approximate surface area is 208 Å². The second-order valence-corrected chi connectivity index (χ2v) is 9.21. The predicted molar refractivity (Wildman–Crippen MR) is 133 cm³/mol. The van der Waals surface area contributed by atoms with Crippen molar-refractivity contribution < 1.29 is 28.7 Å². The molecule has 0 saturated carbocycles. The molecule has 190 valence electrons. The summed E-state index contributed by atoms with van der Waals surface area (Å²) >= 11 is 0. The summed E-state index contributed by atoms with van der Waals surface area (Å²) in [6, 6.07) is 14.6. The van der Waals surface area contributed by atoms with Gasteiger partial charge < -0.3 is 20.7 Å². The molecule has 0 fully saturated rings. The van der Waals surface area contributed by atoms with E-state index >= 15 is 0 Å². The van der Waals surface area contributed by atoms with Crippen molar-refractivity contribution in [1.29, 1.82) is 0 Å². The van der Waals surface area contributed by atoms with Crippen molar-refractivity contribution in [2.45, 2.75) is 44.9 Å². The molecule has 8 nitrogen and oxygen atoms in total. The summed E-state index contributed by atoms with van der Waals surface area (Å²) in [5.74, 6) is -4.99. The number of carboxylic acids is 1. The van der Waals surface area contributed by atoms with Crippen LogP contribution in [0.25, 0.3) is 10.9 Å². The fraction of sp³-hybridized carbons (Fsp3) is 0.333. The Hall–Kier alpha value is -3.85. The van der Waals surface area contributed by atoms with Crippen molar-refractivity contribution in [2.24, 2.45) is 18.7 Å². The third-order valence-electron chi connectivity index (χ3n) is 6.11. The summed E-state index contributed by atoms with van der Waals surface area (Å²) in [6.07, 6.45) is -2.71. The average Bonchev–Trinajstić information content (AvgIpc) is 3.16. The standard InChI is InChI=1S/C27H30FN3O5/c1-15(2)24(26(35)23(28)25(34)19(29)14-22(32)33)30-27(36)21-13-18-12-17(9-10-20(18)31(21)3)11-16-7-5-4-6-8-16/h4-10,12-13,15,19,23-24H,11,14,29H2,1-3H3,(H,30,36)(H,32,33)/t19?,23?,24-/m0/s1. The van der Waals surface area contributed by atoms with E-state index in [2.05, 4.69) is 5.32 Å². The topological polar surface area (TPSA) is 131 Å². The summed E-state index contributed by atoms with van der Waals surface area (Å²) in [5.41, 5.74) is 8.73. The van der Waals surface area contributed by atoms with E-state index in [9.17, 15) is 23.6 Å². The number of Topliss-reactive ketones (excluding diaryl/α,β-unsaturated/α-hetero) is 2. The monoisotopic (exact) mass is 495 g/mol. The zero-order valence-electron chi connectivity index (χ0n) is 20.4. The minimum Gasteiger partial charge on any atom is -0.481 e. The van der Waals surface area contributed by atoms with Gasteiger partial charge in [0.1, 0.15) is 5.69 Å². The number of fused-ring (bicyclic) bond motifs is 1. The average molecular weight is 496 g/mol. The molecular formula is C27H30FN3O5. The van der Waals surface area contributed by atoms with Crippen molar-refractivity contribution in [2.75, 3.05) is 0 Å².